The molecule has 84 valence electrons. The van der Waals surface area contributed by atoms with Crippen molar-refractivity contribution >= 4 is 0 Å². The van der Waals surface area contributed by atoms with E-state index in [0.717, 1.165) is 18.5 Å². The predicted molar refractivity (Wildman–Crippen MR) is 61.0 cm³/mol. The topological polar surface area (TPSA) is 29.3 Å². The highest BCUT2D eigenvalue weighted by molar-refractivity contribution is 5.15. The van der Waals surface area contributed by atoms with Crippen molar-refractivity contribution in [3.05, 3.63) is 35.6 Å². The van der Waals surface area contributed by atoms with Crippen LogP contribution in [0.25, 0.3) is 0 Å². The maximum absolute atomic E-state index is 12.7. The van der Waals surface area contributed by atoms with E-state index in [4.69, 9.17) is 5.73 Å². The van der Waals surface area contributed by atoms with Crippen LogP contribution < -0.4 is 5.73 Å². The van der Waals surface area contributed by atoms with E-state index in [1.807, 2.05) is 12.1 Å². The zero-order chi connectivity index (χ0) is 11.3. The average molecular weight is 210 g/mol. The molecule has 1 atom stereocenters. The van der Waals surface area contributed by atoms with Gasteiger partial charge in [0.25, 0.3) is 0 Å². The summed E-state index contributed by atoms with van der Waals surface area (Å²) in [7, 11) is 2.06. The number of rotatable bonds is 5. The Bertz CT molecular complexity index is 284. The quantitative estimate of drug-likeness (QED) is 0.805. The van der Waals surface area contributed by atoms with Gasteiger partial charge >= 0.3 is 0 Å². The molecular formula is C12H19FN2. The smallest absolute Gasteiger partial charge is 0.123 e. The van der Waals surface area contributed by atoms with Crippen molar-refractivity contribution in [3.63, 3.8) is 0 Å². The van der Waals surface area contributed by atoms with E-state index in [0.29, 0.717) is 12.6 Å². The maximum atomic E-state index is 12.7. The summed E-state index contributed by atoms with van der Waals surface area (Å²) in [6.07, 6.45) is 0.984. The van der Waals surface area contributed by atoms with Gasteiger partial charge in [0.05, 0.1) is 0 Å². The third-order valence-corrected chi connectivity index (χ3v) is 2.68. The molecule has 1 unspecified atom stereocenters. The lowest BCUT2D eigenvalue weighted by Gasteiger charge is -2.24. The number of nitrogens with two attached hydrogens (primary N) is 1. The van der Waals surface area contributed by atoms with Crippen molar-refractivity contribution in [1.29, 1.82) is 0 Å². The molecule has 0 amide bonds. The SMILES string of the molecule is CC(CCN)N(C)Cc1ccc(F)cc1. The van der Waals surface area contributed by atoms with Crippen LogP contribution in [0.2, 0.25) is 0 Å². The van der Waals surface area contributed by atoms with Crippen LogP contribution in [0.4, 0.5) is 4.39 Å². The Kier molecular flexibility index (Phi) is 4.72. The van der Waals surface area contributed by atoms with Gasteiger partial charge in [-0.2, -0.15) is 0 Å². The summed E-state index contributed by atoms with van der Waals surface area (Å²) in [6.45, 7) is 3.69. The van der Waals surface area contributed by atoms with Crippen LogP contribution in [-0.2, 0) is 6.54 Å². The molecule has 1 rings (SSSR count). The van der Waals surface area contributed by atoms with Crippen molar-refractivity contribution in [2.45, 2.75) is 25.9 Å². The molecule has 1 aromatic rings. The fraction of sp³-hybridized carbons (Fsp3) is 0.500. The highest BCUT2D eigenvalue weighted by Crippen LogP contribution is 2.08. The van der Waals surface area contributed by atoms with Crippen molar-refractivity contribution in [3.8, 4) is 0 Å². The maximum Gasteiger partial charge on any atom is 0.123 e. The van der Waals surface area contributed by atoms with Crippen LogP contribution in [0.15, 0.2) is 24.3 Å². The van der Waals surface area contributed by atoms with Crippen LogP contribution in [0.3, 0.4) is 0 Å². The Morgan fingerprint density at radius 3 is 2.47 bits per heavy atom. The molecule has 1 aromatic carbocycles. The van der Waals surface area contributed by atoms with Gasteiger partial charge in [-0.3, -0.25) is 4.90 Å². The molecule has 2 N–H and O–H groups in total. The van der Waals surface area contributed by atoms with Gasteiger partial charge in [0.15, 0.2) is 0 Å². The van der Waals surface area contributed by atoms with Gasteiger partial charge in [0, 0.05) is 12.6 Å². The molecular weight excluding hydrogens is 191 g/mol. The van der Waals surface area contributed by atoms with Crippen molar-refractivity contribution in [1.82, 2.24) is 4.90 Å². The zero-order valence-electron chi connectivity index (χ0n) is 9.41. The third-order valence-electron chi connectivity index (χ3n) is 2.68. The molecule has 15 heavy (non-hydrogen) atoms. The number of nitrogens with zero attached hydrogens (tertiary/aromatic N) is 1. The summed E-state index contributed by atoms with van der Waals surface area (Å²) in [6, 6.07) is 7.09. The zero-order valence-corrected chi connectivity index (χ0v) is 9.41. The van der Waals surface area contributed by atoms with E-state index in [2.05, 4.69) is 18.9 Å². The Balaban J connectivity index is 2.50. The largest absolute Gasteiger partial charge is 0.330 e. The highest BCUT2D eigenvalue weighted by Gasteiger charge is 2.08. The van der Waals surface area contributed by atoms with Gasteiger partial charge < -0.3 is 5.73 Å². The molecule has 0 radical (unpaired) electrons. The predicted octanol–water partition coefficient (Wildman–Crippen LogP) is 1.99. The number of hydrogen-bond acceptors (Lipinski definition) is 2. The molecule has 0 aliphatic rings. The lowest BCUT2D eigenvalue weighted by atomic mass is 10.1. The normalized spacial score (nSPS) is 13.1. The van der Waals surface area contributed by atoms with Crippen LogP contribution in [0, 0.1) is 5.82 Å². The molecule has 0 spiro atoms. The first kappa shape index (κ1) is 12.1. The van der Waals surface area contributed by atoms with Gasteiger partial charge in [0.2, 0.25) is 0 Å². The monoisotopic (exact) mass is 210 g/mol. The summed E-state index contributed by atoms with van der Waals surface area (Å²) < 4.78 is 12.7. The first-order chi connectivity index (χ1) is 7.13. The first-order valence-corrected chi connectivity index (χ1v) is 5.28. The average Bonchev–Trinajstić information content (AvgIpc) is 2.22. The third kappa shape index (κ3) is 3.98. The molecule has 0 bridgehead atoms. The number of hydrogen-bond donors (Lipinski definition) is 1. The first-order valence-electron chi connectivity index (χ1n) is 5.28. The molecule has 0 heterocycles. The van der Waals surface area contributed by atoms with Gasteiger partial charge in [-0.1, -0.05) is 12.1 Å². The second kappa shape index (κ2) is 5.83. The Morgan fingerprint density at radius 2 is 1.93 bits per heavy atom. The van der Waals surface area contributed by atoms with E-state index in [-0.39, 0.29) is 5.82 Å². The lowest BCUT2D eigenvalue weighted by molar-refractivity contribution is 0.240. The standard InChI is InChI=1S/C12H19FN2/c1-10(7-8-14)15(2)9-11-3-5-12(13)6-4-11/h3-6,10H,7-9,14H2,1-2H3. The molecule has 0 aliphatic heterocycles. The van der Waals surface area contributed by atoms with E-state index >= 15 is 0 Å². The van der Waals surface area contributed by atoms with E-state index in [1.165, 1.54) is 12.1 Å². The van der Waals surface area contributed by atoms with Gasteiger partial charge in [-0.05, 0) is 44.6 Å². The molecule has 3 heteroatoms. The van der Waals surface area contributed by atoms with Gasteiger partial charge in [0.1, 0.15) is 5.82 Å². The Hall–Kier alpha value is -0.930. The second-order valence-corrected chi connectivity index (χ2v) is 3.97. The van der Waals surface area contributed by atoms with E-state index < -0.39 is 0 Å². The minimum Gasteiger partial charge on any atom is -0.330 e. The summed E-state index contributed by atoms with van der Waals surface area (Å²) >= 11 is 0. The summed E-state index contributed by atoms with van der Waals surface area (Å²) in [5.74, 6) is -0.184. The van der Waals surface area contributed by atoms with E-state index in [1.54, 1.807) is 0 Å². The summed E-state index contributed by atoms with van der Waals surface area (Å²) in [5.41, 5.74) is 6.63. The Morgan fingerprint density at radius 1 is 1.33 bits per heavy atom. The van der Waals surface area contributed by atoms with Crippen LogP contribution >= 0.6 is 0 Å². The number of benzene rings is 1. The number of halogens is 1. The summed E-state index contributed by atoms with van der Waals surface area (Å²) in [5, 5.41) is 0. The Labute approximate surface area is 90.9 Å². The molecule has 0 aromatic heterocycles. The lowest BCUT2D eigenvalue weighted by Crippen LogP contribution is -2.30. The fourth-order valence-corrected chi connectivity index (χ4v) is 1.50. The van der Waals surface area contributed by atoms with E-state index in [9.17, 15) is 4.39 Å². The van der Waals surface area contributed by atoms with Crippen LogP contribution in [-0.4, -0.2) is 24.5 Å². The van der Waals surface area contributed by atoms with Gasteiger partial charge in [-0.15, -0.1) is 0 Å². The van der Waals surface area contributed by atoms with Crippen molar-refractivity contribution in [2.24, 2.45) is 5.73 Å². The van der Waals surface area contributed by atoms with Crippen molar-refractivity contribution in [2.75, 3.05) is 13.6 Å². The summed E-state index contributed by atoms with van der Waals surface area (Å²) in [4.78, 5) is 2.22. The minimum absolute atomic E-state index is 0.184. The minimum atomic E-state index is -0.184. The molecule has 0 aliphatic carbocycles. The molecule has 0 fully saturated rings. The highest BCUT2D eigenvalue weighted by atomic mass is 19.1. The van der Waals surface area contributed by atoms with Crippen molar-refractivity contribution < 1.29 is 4.39 Å². The fourth-order valence-electron chi connectivity index (χ4n) is 1.50. The molecule has 2 nitrogen and oxygen atoms in total. The van der Waals surface area contributed by atoms with Crippen LogP contribution in [0.5, 0.6) is 0 Å². The molecule has 0 saturated carbocycles. The van der Waals surface area contributed by atoms with Crippen LogP contribution in [0.1, 0.15) is 18.9 Å². The van der Waals surface area contributed by atoms with Gasteiger partial charge in [-0.25, -0.2) is 4.39 Å². The second-order valence-electron chi connectivity index (χ2n) is 3.97. The molecule has 0 saturated heterocycles.